The second-order valence-electron chi connectivity index (χ2n) is 4.52. The van der Waals surface area contributed by atoms with Crippen LogP contribution in [0.4, 0.5) is 11.4 Å². The van der Waals surface area contributed by atoms with Gasteiger partial charge in [-0.25, -0.2) is 4.98 Å². The summed E-state index contributed by atoms with van der Waals surface area (Å²) in [6, 6.07) is 8.87. The van der Waals surface area contributed by atoms with Gasteiger partial charge in [-0.15, -0.1) is 11.8 Å². The second kappa shape index (κ2) is 5.92. The molecule has 0 aliphatic rings. The summed E-state index contributed by atoms with van der Waals surface area (Å²) in [6.45, 7) is 3.96. The second-order valence-corrected chi connectivity index (χ2v) is 5.52. The van der Waals surface area contributed by atoms with Crippen molar-refractivity contribution in [3.05, 3.63) is 57.3 Å². The number of benzene rings is 1. The number of nitrogen functional groups attached to an aromatic ring is 1. The monoisotopic (exact) mass is 289 g/mol. The van der Waals surface area contributed by atoms with Crippen LogP contribution in [-0.4, -0.2) is 9.91 Å². The van der Waals surface area contributed by atoms with E-state index in [1.165, 1.54) is 17.8 Å². The Balaban J connectivity index is 2.19. The molecule has 0 radical (unpaired) electrons. The first kappa shape index (κ1) is 14.3. The summed E-state index contributed by atoms with van der Waals surface area (Å²) >= 11 is 1.52. The van der Waals surface area contributed by atoms with E-state index < -0.39 is 4.92 Å². The van der Waals surface area contributed by atoms with Crippen molar-refractivity contribution in [1.29, 1.82) is 0 Å². The van der Waals surface area contributed by atoms with Gasteiger partial charge in [-0.1, -0.05) is 12.1 Å². The number of nitro benzene ring substituents is 1. The molecule has 0 amide bonds. The van der Waals surface area contributed by atoms with E-state index in [0.717, 1.165) is 21.8 Å². The van der Waals surface area contributed by atoms with Gasteiger partial charge in [0.25, 0.3) is 5.69 Å². The van der Waals surface area contributed by atoms with Gasteiger partial charge in [0.2, 0.25) is 0 Å². The highest BCUT2D eigenvalue weighted by molar-refractivity contribution is 7.98. The molecule has 2 N–H and O–H groups in total. The molecule has 0 aliphatic carbocycles. The van der Waals surface area contributed by atoms with Crippen LogP contribution in [0.2, 0.25) is 0 Å². The number of rotatable bonds is 4. The van der Waals surface area contributed by atoms with E-state index in [2.05, 4.69) is 4.98 Å². The summed E-state index contributed by atoms with van der Waals surface area (Å²) in [5, 5.41) is 11.7. The van der Waals surface area contributed by atoms with Gasteiger partial charge >= 0.3 is 0 Å². The summed E-state index contributed by atoms with van der Waals surface area (Å²) in [4.78, 5) is 14.8. The number of aryl methyl sites for hydroxylation is 2. The van der Waals surface area contributed by atoms with Crippen molar-refractivity contribution in [2.45, 2.75) is 24.6 Å². The molecule has 104 valence electrons. The largest absolute Gasteiger partial charge is 0.393 e. The third-order valence-electron chi connectivity index (χ3n) is 2.82. The van der Waals surface area contributed by atoms with Crippen molar-refractivity contribution in [3.8, 4) is 0 Å². The number of thioether (sulfide) groups is 1. The number of hydrogen-bond acceptors (Lipinski definition) is 5. The van der Waals surface area contributed by atoms with E-state index in [-0.39, 0.29) is 11.4 Å². The lowest BCUT2D eigenvalue weighted by Crippen LogP contribution is -1.99. The van der Waals surface area contributed by atoms with E-state index in [1.54, 1.807) is 12.1 Å². The van der Waals surface area contributed by atoms with Crippen molar-refractivity contribution in [2.75, 3.05) is 5.73 Å². The number of nitro groups is 1. The minimum Gasteiger partial charge on any atom is -0.393 e. The number of para-hydroxylation sites is 1. The first-order chi connectivity index (χ1) is 9.47. The van der Waals surface area contributed by atoms with Gasteiger partial charge in [-0.05, 0) is 37.1 Å². The predicted octanol–water partition coefficient (Wildman–Crippen LogP) is 3.48. The summed E-state index contributed by atoms with van der Waals surface area (Å²) in [5.74, 6) is 0.559. The summed E-state index contributed by atoms with van der Waals surface area (Å²) < 4.78 is 0. The first-order valence-electron chi connectivity index (χ1n) is 6.07. The number of hydrogen-bond donors (Lipinski definition) is 1. The highest BCUT2D eigenvalue weighted by Gasteiger charge is 2.14. The molecule has 2 rings (SSSR count). The SMILES string of the molecule is Cc1cc(C)nc(SCc2cccc([N+](=O)[O-])c2N)c1. The third-order valence-corrected chi connectivity index (χ3v) is 3.78. The molecule has 0 saturated carbocycles. The molecule has 0 fully saturated rings. The number of nitrogens with two attached hydrogens (primary N) is 1. The molecule has 0 spiro atoms. The zero-order chi connectivity index (χ0) is 14.7. The molecule has 0 atom stereocenters. The zero-order valence-electron chi connectivity index (χ0n) is 11.3. The molecule has 1 heterocycles. The van der Waals surface area contributed by atoms with E-state index in [0.29, 0.717) is 5.75 Å². The van der Waals surface area contributed by atoms with Crippen LogP contribution in [0.3, 0.4) is 0 Å². The molecule has 2 aromatic rings. The lowest BCUT2D eigenvalue weighted by Gasteiger charge is -2.07. The number of aromatic nitrogens is 1. The van der Waals surface area contributed by atoms with Crippen molar-refractivity contribution in [2.24, 2.45) is 0 Å². The standard InChI is InChI=1S/C14H15N3O2S/c1-9-6-10(2)16-13(7-9)20-8-11-4-3-5-12(14(11)15)17(18)19/h3-7H,8,15H2,1-2H3. The molecule has 0 saturated heterocycles. The fourth-order valence-electron chi connectivity index (χ4n) is 1.91. The van der Waals surface area contributed by atoms with Crippen molar-refractivity contribution < 1.29 is 4.92 Å². The minimum absolute atomic E-state index is 0.0449. The van der Waals surface area contributed by atoms with Gasteiger partial charge in [0, 0.05) is 17.5 Å². The van der Waals surface area contributed by atoms with Gasteiger partial charge in [-0.3, -0.25) is 10.1 Å². The Bertz CT molecular complexity index is 639. The maximum atomic E-state index is 10.8. The Hall–Kier alpha value is -2.08. The maximum absolute atomic E-state index is 10.8. The Morgan fingerprint density at radius 1 is 1.35 bits per heavy atom. The summed E-state index contributed by atoms with van der Waals surface area (Å²) in [6.07, 6.45) is 0. The van der Waals surface area contributed by atoms with E-state index in [9.17, 15) is 10.1 Å². The Kier molecular flexibility index (Phi) is 4.24. The van der Waals surface area contributed by atoms with Crippen LogP contribution in [-0.2, 0) is 5.75 Å². The van der Waals surface area contributed by atoms with Crippen LogP contribution in [0, 0.1) is 24.0 Å². The molecule has 1 aromatic carbocycles. The lowest BCUT2D eigenvalue weighted by atomic mass is 10.2. The van der Waals surface area contributed by atoms with Crippen LogP contribution in [0.25, 0.3) is 0 Å². The average molecular weight is 289 g/mol. The molecular weight excluding hydrogens is 274 g/mol. The van der Waals surface area contributed by atoms with Gasteiger partial charge in [0.05, 0.1) is 9.95 Å². The average Bonchev–Trinajstić information content (AvgIpc) is 2.36. The molecular formula is C14H15N3O2S. The van der Waals surface area contributed by atoms with Gasteiger partial charge in [0.15, 0.2) is 0 Å². The van der Waals surface area contributed by atoms with Gasteiger partial charge in [0.1, 0.15) is 5.69 Å². The normalized spacial score (nSPS) is 10.5. The maximum Gasteiger partial charge on any atom is 0.292 e. The van der Waals surface area contributed by atoms with Crippen molar-refractivity contribution >= 4 is 23.1 Å². The molecule has 20 heavy (non-hydrogen) atoms. The third kappa shape index (κ3) is 3.27. The number of anilines is 1. The van der Waals surface area contributed by atoms with Crippen LogP contribution < -0.4 is 5.73 Å². The summed E-state index contributed by atoms with van der Waals surface area (Å²) in [7, 11) is 0. The summed E-state index contributed by atoms with van der Waals surface area (Å²) in [5.41, 5.74) is 8.88. The van der Waals surface area contributed by atoms with Crippen LogP contribution in [0.1, 0.15) is 16.8 Å². The number of nitrogens with zero attached hydrogens (tertiary/aromatic N) is 2. The van der Waals surface area contributed by atoms with E-state index in [4.69, 9.17) is 5.73 Å². The molecule has 0 bridgehead atoms. The van der Waals surface area contributed by atoms with Crippen molar-refractivity contribution in [1.82, 2.24) is 4.98 Å². The predicted molar refractivity (Wildman–Crippen MR) is 80.8 cm³/mol. The highest BCUT2D eigenvalue weighted by atomic mass is 32.2. The fraction of sp³-hybridized carbons (Fsp3) is 0.214. The molecule has 6 heteroatoms. The van der Waals surface area contributed by atoms with Crippen LogP contribution >= 0.6 is 11.8 Å². The quantitative estimate of drug-likeness (QED) is 0.403. The zero-order valence-corrected chi connectivity index (χ0v) is 12.1. The Morgan fingerprint density at radius 3 is 2.75 bits per heavy atom. The highest BCUT2D eigenvalue weighted by Crippen LogP contribution is 2.30. The number of pyridine rings is 1. The minimum atomic E-state index is -0.460. The van der Waals surface area contributed by atoms with Gasteiger partial charge in [-0.2, -0.15) is 0 Å². The van der Waals surface area contributed by atoms with Crippen LogP contribution in [0.15, 0.2) is 35.4 Å². The first-order valence-corrected chi connectivity index (χ1v) is 7.06. The van der Waals surface area contributed by atoms with E-state index in [1.807, 2.05) is 26.0 Å². The van der Waals surface area contributed by atoms with Crippen LogP contribution in [0.5, 0.6) is 0 Å². The molecule has 0 aliphatic heterocycles. The molecule has 0 unspecified atom stereocenters. The Labute approximate surface area is 121 Å². The van der Waals surface area contributed by atoms with E-state index >= 15 is 0 Å². The smallest absolute Gasteiger partial charge is 0.292 e. The fourth-order valence-corrected chi connectivity index (χ4v) is 2.95. The topological polar surface area (TPSA) is 82.0 Å². The Morgan fingerprint density at radius 2 is 2.10 bits per heavy atom. The molecule has 1 aromatic heterocycles. The van der Waals surface area contributed by atoms with Gasteiger partial charge < -0.3 is 5.73 Å². The van der Waals surface area contributed by atoms with Crippen molar-refractivity contribution in [3.63, 3.8) is 0 Å². The lowest BCUT2D eigenvalue weighted by molar-refractivity contribution is -0.383. The molecule has 5 nitrogen and oxygen atoms in total.